The lowest BCUT2D eigenvalue weighted by molar-refractivity contribution is 0.298. The van der Waals surface area contributed by atoms with E-state index in [1.165, 1.54) is 0 Å². The standard InChI is InChI=1S/C19H21NO/c1-5-8-9-15(7-3)17-13-19(21-4)16-11-10-14(6-2)12-18(16)20-17/h5-13,18,20H,2-3H2,1,4H3/b8-5-,15-9+. The van der Waals surface area contributed by atoms with Crippen LogP contribution in [0.3, 0.4) is 0 Å². The van der Waals surface area contributed by atoms with Crippen molar-refractivity contribution in [3.63, 3.8) is 0 Å². The van der Waals surface area contributed by atoms with Crippen molar-refractivity contribution in [2.45, 2.75) is 13.0 Å². The molecular formula is C19H21NO. The van der Waals surface area contributed by atoms with Crippen molar-refractivity contribution in [3.05, 3.63) is 96.0 Å². The molecular weight excluding hydrogens is 258 g/mol. The number of rotatable bonds is 5. The summed E-state index contributed by atoms with van der Waals surface area (Å²) in [6.45, 7) is 9.71. The number of hydrogen-bond acceptors (Lipinski definition) is 2. The van der Waals surface area contributed by atoms with Gasteiger partial charge in [-0.1, -0.05) is 61.8 Å². The Morgan fingerprint density at radius 2 is 2.14 bits per heavy atom. The summed E-state index contributed by atoms with van der Waals surface area (Å²) in [5.41, 5.74) is 4.26. The van der Waals surface area contributed by atoms with Crippen molar-refractivity contribution in [3.8, 4) is 0 Å². The molecule has 1 aliphatic carbocycles. The van der Waals surface area contributed by atoms with Gasteiger partial charge in [0.2, 0.25) is 0 Å². The SMILES string of the molecule is C=CC1=CC2NC(/C(C=C)=C/C=C\C)=CC(OC)=C2C=C1. The topological polar surface area (TPSA) is 21.3 Å². The summed E-state index contributed by atoms with van der Waals surface area (Å²) in [6.07, 6.45) is 18.0. The Morgan fingerprint density at radius 3 is 2.76 bits per heavy atom. The molecule has 2 nitrogen and oxygen atoms in total. The van der Waals surface area contributed by atoms with Gasteiger partial charge in [-0.25, -0.2) is 0 Å². The Balaban J connectivity index is 2.44. The first-order chi connectivity index (χ1) is 10.2. The molecule has 1 N–H and O–H groups in total. The highest BCUT2D eigenvalue weighted by Crippen LogP contribution is 2.28. The highest BCUT2D eigenvalue weighted by atomic mass is 16.5. The van der Waals surface area contributed by atoms with Gasteiger partial charge in [0, 0.05) is 17.3 Å². The molecule has 108 valence electrons. The van der Waals surface area contributed by atoms with Gasteiger partial charge in [0.25, 0.3) is 0 Å². The summed E-state index contributed by atoms with van der Waals surface area (Å²) >= 11 is 0. The largest absolute Gasteiger partial charge is 0.496 e. The van der Waals surface area contributed by atoms with Crippen molar-refractivity contribution < 1.29 is 4.74 Å². The van der Waals surface area contributed by atoms with Gasteiger partial charge < -0.3 is 10.1 Å². The second-order valence-corrected chi connectivity index (χ2v) is 4.76. The van der Waals surface area contributed by atoms with Crippen LogP contribution in [0.4, 0.5) is 0 Å². The first-order valence-electron chi connectivity index (χ1n) is 6.98. The van der Waals surface area contributed by atoms with Crippen LogP contribution in [0.2, 0.25) is 0 Å². The molecule has 0 aromatic rings. The number of fused-ring (bicyclic) bond motifs is 1. The molecule has 2 heteroatoms. The van der Waals surface area contributed by atoms with E-state index in [1.54, 1.807) is 7.11 Å². The number of methoxy groups -OCH3 is 1. The Morgan fingerprint density at radius 1 is 1.33 bits per heavy atom. The van der Waals surface area contributed by atoms with Crippen LogP contribution < -0.4 is 5.32 Å². The molecule has 0 aromatic heterocycles. The summed E-state index contributed by atoms with van der Waals surface area (Å²) in [6, 6.07) is 0.0897. The van der Waals surface area contributed by atoms with Crippen LogP contribution in [0.15, 0.2) is 96.0 Å². The van der Waals surface area contributed by atoms with Gasteiger partial charge in [-0.15, -0.1) is 0 Å². The molecule has 0 saturated heterocycles. The minimum atomic E-state index is 0.0897. The van der Waals surface area contributed by atoms with Gasteiger partial charge in [0.15, 0.2) is 0 Å². The first-order valence-corrected chi connectivity index (χ1v) is 6.98. The third-order valence-corrected chi connectivity index (χ3v) is 3.48. The van der Waals surface area contributed by atoms with Crippen LogP contribution in [0.5, 0.6) is 0 Å². The molecule has 1 atom stereocenters. The third-order valence-electron chi connectivity index (χ3n) is 3.48. The third kappa shape index (κ3) is 3.16. The number of ether oxygens (including phenoxy) is 1. The van der Waals surface area contributed by atoms with Crippen LogP contribution in [-0.2, 0) is 4.74 Å². The maximum absolute atomic E-state index is 5.54. The fourth-order valence-electron chi connectivity index (χ4n) is 2.35. The Bertz CT molecular complexity index is 624. The lowest BCUT2D eigenvalue weighted by Gasteiger charge is -2.29. The van der Waals surface area contributed by atoms with E-state index in [0.29, 0.717) is 0 Å². The molecule has 0 saturated carbocycles. The molecule has 1 unspecified atom stereocenters. The molecule has 0 aromatic carbocycles. The van der Waals surface area contributed by atoms with Gasteiger partial charge in [-0.2, -0.15) is 0 Å². The van der Waals surface area contributed by atoms with E-state index in [4.69, 9.17) is 4.74 Å². The monoisotopic (exact) mass is 279 g/mol. The molecule has 0 radical (unpaired) electrons. The average molecular weight is 279 g/mol. The summed E-state index contributed by atoms with van der Waals surface area (Å²) < 4.78 is 5.54. The molecule has 0 bridgehead atoms. The van der Waals surface area contributed by atoms with Crippen LogP contribution in [-0.4, -0.2) is 13.2 Å². The molecule has 1 heterocycles. The van der Waals surface area contributed by atoms with Gasteiger partial charge in [-0.05, 0) is 18.1 Å². The van der Waals surface area contributed by atoms with Crippen molar-refractivity contribution >= 4 is 0 Å². The minimum Gasteiger partial charge on any atom is -0.496 e. The highest BCUT2D eigenvalue weighted by Gasteiger charge is 2.23. The molecule has 0 spiro atoms. The molecule has 0 amide bonds. The van der Waals surface area contributed by atoms with Gasteiger partial charge in [0.1, 0.15) is 5.76 Å². The lowest BCUT2D eigenvalue weighted by Crippen LogP contribution is -2.34. The van der Waals surface area contributed by atoms with E-state index in [9.17, 15) is 0 Å². The number of hydrogen-bond donors (Lipinski definition) is 1. The van der Waals surface area contributed by atoms with Crippen molar-refractivity contribution in [1.82, 2.24) is 5.32 Å². The van der Waals surface area contributed by atoms with Crippen molar-refractivity contribution in [1.29, 1.82) is 0 Å². The zero-order valence-corrected chi connectivity index (χ0v) is 12.6. The second kappa shape index (κ2) is 6.80. The quantitative estimate of drug-likeness (QED) is 0.765. The number of nitrogens with one attached hydrogen (secondary N) is 1. The maximum atomic E-state index is 5.54. The minimum absolute atomic E-state index is 0.0897. The van der Waals surface area contributed by atoms with E-state index >= 15 is 0 Å². The first kappa shape index (κ1) is 14.9. The van der Waals surface area contributed by atoms with E-state index in [2.05, 4.69) is 30.6 Å². The predicted octanol–water partition coefficient (Wildman–Crippen LogP) is 4.11. The van der Waals surface area contributed by atoms with E-state index in [-0.39, 0.29) is 6.04 Å². The summed E-state index contributed by atoms with van der Waals surface area (Å²) in [7, 11) is 1.70. The van der Waals surface area contributed by atoms with E-state index in [0.717, 1.165) is 28.2 Å². The highest BCUT2D eigenvalue weighted by molar-refractivity contribution is 5.54. The fourth-order valence-corrected chi connectivity index (χ4v) is 2.35. The van der Waals surface area contributed by atoms with Gasteiger partial charge >= 0.3 is 0 Å². The van der Waals surface area contributed by atoms with E-state index in [1.807, 2.05) is 49.5 Å². The van der Waals surface area contributed by atoms with Crippen LogP contribution >= 0.6 is 0 Å². The predicted molar refractivity (Wildman–Crippen MR) is 89.6 cm³/mol. The van der Waals surface area contributed by atoms with E-state index < -0.39 is 0 Å². The van der Waals surface area contributed by atoms with Crippen LogP contribution in [0.25, 0.3) is 0 Å². The summed E-state index contributed by atoms with van der Waals surface area (Å²) in [4.78, 5) is 0. The Hall–Kier alpha value is -2.48. The summed E-state index contributed by atoms with van der Waals surface area (Å²) in [5.74, 6) is 0.873. The Labute approximate surface area is 126 Å². The fraction of sp³-hybridized carbons (Fsp3) is 0.158. The van der Waals surface area contributed by atoms with Gasteiger partial charge in [0.05, 0.1) is 13.2 Å². The van der Waals surface area contributed by atoms with Crippen molar-refractivity contribution in [2.75, 3.05) is 7.11 Å². The Kier molecular flexibility index (Phi) is 4.83. The average Bonchev–Trinajstić information content (AvgIpc) is 2.54. The normalized spacial score (nSPS) is 21.4. The molecule has 2 rings (SSSR count). The lowest BCUT2D eigenvalue weighted by atomic mass is 9.92. The molecule has 21 heavy (non-hydrogen) atoms. The van der Waals surface area contributed by atoms with Crippen molar-refractivity contribution in [2.24, 2.45) is 0 Å². The summed E-state index contributed by atoms with van der Waals surface area (Å²) in [5, 5.41) is 3.52. The van der Waals surface area contributed by atoms with Gasteiger partial charge in [-0.3, -0.25) is 0 Å². The maximum Gasteiger partial charge on any atom is 0.126 e. The van der Waals surface area contributed by atoms with Crippen LogP contribution in [0, 0.1) is 0 Å². The smallest absolute Gasteiger partial charge is 0.126 e. The number of dihydropyridines is 1. The molecule has 2 aliphatic rings. The zero-order chi connectivity index (χ0) is 15.2. The van der Waals surface area contributed by atoms with Crippen LogP contribution in [0.1, 0.15) is 6.92 Å². The molecule has 0 fully saturated rings. The number of allylic oxidation sites excluding steroid dienone is 8. The second-order valence-electron chi connectivity index (χ2n) is 4.76. The molecule has 1 aliphatic heterocycles. The zero-order valence-electron chi connectivity index (χ0n) is 12.6.